The molecular weight excluding hydrogens is 703 g/mol. The van der Waals surface area contributed by atoms with Gasteiger partial charge in [-0.15, -0.1) is 22.7 Å². The molecule has 0 amide bonds. The van der Waals surface area contributed by atoms with Crippen molar-refractivity contribution in [2.45, 2.75) is 0 Å². The van der Waals surface area contributed by atoms with Gasteiger partial charge in [-0.05, 0) is 81.2 Å². The molecule has 0 fully saturated rings. The highest BCUT2D eigenvalue weighted by molar-refractivity contribution is 7.26. The van der Waals surface area contributed by atoms with E-state index in [4.69, 9.17) is 0 Å². The maximum Gasteiger partial charge on any atom is 0.0640 e. The Labute approximate surface area is 327 Å². The summed E-state index contributed by atoms with van der Waals surface area (Å²) < 4.78 is 5.19. The Balaban J connectivity index is 1.23. The lowest BCUT2D eigenvalue weighted by Crippen LogP contribution is -2.11. The van der Waals surface area contributed by atoms with E-state index in [1.807, 2.05) is 22.7 Å². The standard InChI is InChI=1S/C52H33NS2/c1-3-15-34(16-4-1)37-31-32-46(40-20-8-7-19-39(37)40)53(47-25-13-24-43-41-21-9-11-26-48(41)55-52(43)47)36-29-30-38(35-17-5-2-6-18-35)45(33-36)42-23-14-28-50-51(42)44-22-10-12-27-49(44)54-50/h1-33H. The Morgan fingerprint density at radius 2 is 0.891 bits per heavy atom. The quantitative estimate of drug-likeness (QED) is 0.164. The summed E-state index contributed by atoms with van der Waals surface area (Å²) in [4.78, 5) is 2.51. The minimum Gasteiger partial charge on any atom is -0.308 e. The van der Waals surface area contributed by atoms with Gasteiger partial charge in [-0.2, -0.15) is 0 Å². The molecule has 2 heterocycles. The number of rotatable bonds is 6. The summed E-state index contributed by atoms with van der Waals surface area (Å²) in [5.74, 6) is 0. The molecule has 0 unspecified atom stereocenters. The van der Waals surface area contributed by atoms with Crippen molar-refractivity contribution >= 4 is 90.9 Å². The highest BCUT2D eigenvalue weighted by Gasteiger charge is 2.23. The van der Waals surface area contributed by atoms with E-state index in [1.54, 1.807) is 0 Å². The van der Waals surface area contributed by atoms with E-state index < -0.39 is 0 Å². The fourth-order valence-corrected chi connectivity index (χ4v) is 10.8. The first kappa shape index (κ1) is 32.0. The van der Waals surface area contributed by atoms with Gasteiger partial charge in [0.1, 0.15) is 0 Å². The zero-order valence-corrected chi connectivity index (χ0v) is 31.4. The Morgan fingerprint density at radius 3 is 1.67 bits per heavy atom. The first-order valence-corrected chi connectivity index (χ1v) is 20.3. The summed E-state index contributed by atoms with van der Waals surface area (Å²) in [5, 5.41) is 7.63. The molecule has 0 bridgehead atoms. The van der Waals surface area contributed by atoms with Crippen molar-refractivity contribution in [2.24, 2.45) is 0 Å². The molecule has 0 aliphatic carbocycles. The van der Waals surface area contributed by atoms with Crippen LogP contribution in [0.5, 0.6) is 0 Å². The van der Waals surface area contributed by atoms with E-state index in [0.717, 1.165) is 11.4 Å². The van der Waals surface area contributed by atoms with Gasteiger partial charge in [-0.1, -0.05) is 158 Å². The number of hydrogen-bond acceptors (Lipinski definition) is 3. The van der Waals surface area contributed by atoms with E-state index in [1.165, 1.54) is 90.2 Å². The molecule has 0 saturated carbocycles. The van der Waals surface area contributed by atoms with Crippen molar-refractivity contribution in [3.63, 3.8) is 0 Å². The largest absolute Gasteiger partial charge is 0.308 e. The third kappa shape index (κ3) is 5.27. The molecule has 3 heteroatoms. The maximum atomic E-state index is 2.51. The molecule has 0 radical (unpaired) electrons. The number of benzene rings is 9. The van der Waals surface area contributed by atoms with E-state index in [0.29, 0.717) is 0 Å². The molecule has 2 aromatic heterocycles. The predicted octanol–water partition coefficient (Wildman–Crippen LogP) is 16.0. The molecular formula is C52H33NS2. The number of fused-ring (bicyclic) bond motifs is 7. The Kier molecular flexibility index (Phi) is 7.61. The van der Waals surface area contributed by atoms with Gasteiger partial charge in [0.2, 0.25) is 0 Å². The summed E-state index contributed by atoms with van der Waals surface area (Å²) in [6, 6.07) is 73.5. The Bertz CT molecular complexity index is 3210. The first-order chi connectivity index (χ1) is 27.3. The minimum atomic E-state index is 1.12. The zero-order chi connectivity index (χ0) is 36.3. The Hall–Kier alpha value is -6.52. The van der Waals surface area contributed by atoms with Crippen LogP contribution in [0.1, 0.15) is 0 Å². The molecule has 0 saturated heterocycles. The molecule has 0 spiro atoms. The van der Waals surface area contributed by atoms with Gasteiger partial charge in [0.05, 0.1) is 16.1 Å². The lowest BCUT2D eigenvalue weighted by atomic mass is 9.91. The molecule has 0 N–H and O–H groups in total. The summed E-state index contributed by atoms with van der Waals surface area (Å²) >= 11 is 3.75. The molecule has 0 aliphatic heterocycles. The van der Waals surface area contributed by atoms with Gasteiger partial charge < -0.3 is 4.90 Å². The molecule has 0 atom stereocenters. The second-order valence-electron chi connectivity index (χ2n) is 14.0. The molecule has 11 rings (SSSR count). The van der Waals surface area contributed by atoms with Crippen LogP contribution in [-0.4, -0.2) is 0 Å². The monoisotopic (exact) mass is 735 g/mol. The van der Waals surface area contributed by atoms with Crippen LogP contribution in [-0.2, 0) is 0 Å². The third-order valence-electron chi connectivity index (χ3n) is 10.9. The fourth-order valence-electron chi connectivity index (χ4n) is 8.43. The number of nitrogens with zero attached hydrogens (tertiary/aromatic N) is 1. The molecule has 9 aromatic carbocycles. The van der Waals surface area contributed by atoms with Gasteiger partial charge >= 0.3 is 0 Å². The van der Waals surface area contributed by atoms with Crippen LogP contribution in [0.4, 0.5) is 17.1 Å². The number of hydrogen-bond donors (Lipinski definition) is 0. The highest BCUT2D eigenvalue weighted by atomic mass is 32.1. The van der Waals surface area contributed by atoms with Crippen LogP contribution < -0.4 is 4.90 Å². The van der Waals surface area contributed by atoms with Crippen molar-refractivity contribution in [1.29, 1.82) is 0 Å². The van der Waals surface area contributed by atoms with E-state index in [9.17, 15) is 0 Å². The molecule has 1 nitrogen and oxygen atoms in total. The van der Waals surface area contributed by atoms with Crippen LogP contribution in [0.15, 0.2) is 200 Å². The molecule has 0 aliphatic rings. The first-order valence-electron chi connectivity index (χ1n) is 18.7. The van der Waals surface area contributed by atoms with Crippen molar-refractivity contribution in [2.75, 3.05) is 4.90 Å². The molecule has 11 aromatic rings. The van der Waals surface area contributed by atoms with Gasteiger partial charge in [0.25, 0.3) is 0 Å². The number of thiophene rings is 2. The van der Waals surface area contributed by atoms with Gasteiger partial charge in [-0.25, -0.2) is 0 Å². The van der Waals surface area contributed by atoms with Gasteiger partial charge in [0.15, 0.2) is 0 Å². The van der Waals surface area contributed by atoms with Crippen molar-refractivity contribution < 1.29 is 0 Å². The normalized spacial score (nSPS) is 11.6. The van der Waals surface area contributed by atoms with Crippen molar-refractivity contribution in [3.8, 4) is 33.4 Å². The highest BCUT2D eigenvalue weighted by Crippen LogP contribution is 2.50. The fraction of sp³-hybridized carbons (Fsp3) is 0. The van der Waals surface area contributed by atoms with Crippen molar-refractivity contribution in [3.05, 3.63) is 200 Å². The van der Waals surface area contributed by atoms with Gasteiger partial charge in [-0.3, -0.25) is 0 Å². The lowest BCUT2D eigenvalue weighted by molar-refractivity contribution is 1.32. The van der Waals surface area contributed by atoms with E-state index >= 15 is 0 Å². The summed E-state index contributed by atoms with van der Waals surface area (Å²) in [7, 11) is 0. The summed E-state index contributed by atoms with van der Waals surface area (Å²) in [5.41, 5.74) is 10.8. The smallest absolute Gasteiger partial charge is 0.0640 e. The van der Waals surface area contributed by atoms with Crippen LogP contribution in [0.25, 0.3) is 84.5 Å². The SMILES string of the molecule is c1ccc(-c2ccc(N(c3ccc(-c4ccccc4)c4ccccc34)c3cccc4c3sc3ccccc34)cc2-c2cccc3sc4ccccc4c23)cc1. The van der Waals surface area contributed by atoms with Crippen LogP contribution in [0.2, 0.25) is 0 Å². The van der Waals surface area contributed by atoms with Crippen LogP contribution >= 0.6 is 22.7 Å². The van der Waals surface area contributed by atoms with E-state index in [2.05, 4.69) is 205 Å². The average molecular weight is 736 g/mol. The van der Waals surface area contributed by atoms with Crippen LogP contribution in [0, 0.1) is 0 Å². The van der Waals surface area contributed by atoms with Gasteiger partial charge in [0, 0.05) is 46.7 Å². The summed E-state index contributed by atoms with van der Waals surface area (Å²) in [6.45, 7) is 0. The Morgan fingerprint density at radius 1 is 0.309 bits per heavy atom. The second-order valence-corrected chi connectivity index (χ2v) is 16.1. The van der Waals surface area contributed by atoms with Crippen molar-refractivity contribution in [1.82, 2.24) is 0 Å². The second kappa shape index (κ2) is 13.1. The van der Waals surface area contributed by atoms with Crippen LogP contribution in [0.3, 0.4) is 0 Å². The number of anilines is 3. The van der Waals surface area contributed by atoms with E-state index in [-0.39, 0.29) is 0 Å². The zero-order valence-electron chi connectivity index (χ0n) is 29.8. The third-order valence-corrected chi connectivity index (χ3v) is 13.2. The average Bonchev–Trinajstić information content (AvgIpc) is 3.84. The molecule has 55 heavy (non-hydrogen) atoms. The lowest BCUT2D eigenvalue weighted by Gasteiger charge is -2.29. The predicted molar refractivity (Wildman–Crippen MR) is 241 cm³/mol. The minimum absolute atomic E-state index is 1.12. The maximum absolute atomic E-state index is 2.51. The molecule has 258 valence electrons. The summed E-state index contributed by atoms with van der Waals surface area (Å²) in [6.07, 6.45) is 0. The topological polar surface area (TPSA) is 3.24 Å².